The van der Waals surface area contributed by atoms with Crippen LogP contribution in [-0.2, 0) is 4.79 Å². The van der Waals surface area contributed by atoms with Crippen LogP contribution < -0.4 is 10.6 Å². The van der Waals surface area contributed by atoms with Crippen molar-refractivity contribution in [2.75, 3.05) is 0 Å². The van der Waals surface area contributed by atoms with Gasteiger partial charge in [-0.1, -0.05) is 44.7 Å². The van der Waals surface area contributed by atoms with Crippen LogP contribution in [0.4, 0.5) is 0 Å². The van der Waals surface area contributed by atoms with Crippen molar-refractivity contribution >= 4 is 28.7 Å². The molecule has 1 atom stereocenters. The molecule has 4 rings (SSSR count). The van der Waals surface area contributed by atoms with E-state index in [0.29, 0.717) is 42.3 Å². The standard InChI is InChI=1S/C25H28N4O4/c1-2-9-19(21(30)23-27-18-11-4-5-12-20(18)33-23)28-24(32)25(13-6-3-7-14-25)29-22(31)17-10-8-15-26-16-17/h4-5,8,10-12,15-16,19H,2-3,6-7,9,13-14H2,1H3,(H,28,32)(H,29,31)/t19-/m0/s1. The number of Topliss-reactive ketones (excluding diaryl/α,β-unsaturated/α-hetero) is 1. The Morgan fingerprint density at radius 1 is 1.09 bits per heavy atom. The molecule has 0 unspecified atom stereocenters. The lowest BCUT2D eigenvalue weighted by molar-refractivity contribution is -0.129. The summed E-state index contributed by atoms with van der Waals surface area (Å²) < 4.78 is 5.64. The maximum Gasteiger partial charge on any atom is 0.266 e. The lowest BCUT2D eigenvalue weighted by Gasteiger charge is -2.37. The number of rotatable bonds is 8. The third-order valence-corrected chi connectivity index (χ3v) is 6.12. The number of nitrogens with zero attached hydrogens (tertiary/aromatic N) is 2. The molecule has 0 spiro atoms. The van der Waals surface area contributed by atoms with Crippen molar-refractivity contribution in [3.63, 3.8) is 0 Å². The zero-order valence-electron chi connectivity index (χ0n) is 18.7. The van der Waals surface area contributed by atoms with E-state index in [0.717, 1.165) is 19.3 Å². The van der Waals surface area contributed by atoms with Crippen LogP contribution in [0.5, 0.6) is 0 Å². The molecule has 33 heavy (non-hydrogen) atoms. The molecule has 0 bridgehead atoms. The summed E-state index contributed by atoms with van der Waals surface area (Å²) >= 11 is 0. The van der Waals surface area contributed by atoms with Crippen LogP contribution in [0.2, 0.25) is 0 Å². The van der Waals surface area contributed by atoms with Crippen molar-refractivity contribution in [2.24, 2.45) is 0 Å². The van der Waals surface area contributed by atoms with Gasteiger partial charge < -0.3 is 15.1 Å². The van der Waals surface area contributed by atoms with Crippen molar-refractivity contribution in [1.82, 2.24) is 20.6 Å². The van der Waals surface area contributed by atoms with Crippen LogP contribution >= 0.6 is 0 Å². The van der Waals surface area contributed by atoms with Crippen LogP contribution in [0.3, 0.4) is 0 Å². The molecule has 2 N–H and O–H groups in total. The Bertz CT molecular complexity index is 1100. The molecule has 8 heteroatoms. The van der Waals surface area contributed by atoms with Crippen LogP contribution in [-0.4, -0.2) is 39.1 Å². The predicted octanol–water partition coefficient (Wildman–Crippen LogP) is 3.82. The van der Waals surface area contributed by atoms with E-state index in [1.807, 2.05) is 19.1 Å². The minimum Gasteiger partial charge on any atom is -0.434 e. The Labute approximate surface area is 192 Å². The van der Waals surface area contributed by atoms with E-state index in [2.05, 4.69) is 20.6 Å². The van der Waals surface area contributed by atoms with Gasteiger partial charge in [0.25, 0.3) is 11.8 Å². The maximum absolute atomic E-state index is 13.5. The van der Waals surface area contributed by atoms with Crippen LogP contribution in [0.25, 0.3) is 11.1 Å². The van der Waals surface area contributed by atoms with Gasteiger partial charge >= 0.3 is 0 Å². The summed E-state index contributed by atoms with van der Waals surface area (Å²) in [6.07, 6.45) is 7.85. The Hall–Kier alpha value is -3.55. The van der Waals surface area contributed by atoms with Gasteiger partial charge in [0.1, 0.15) is 11.1 Å². The number of para-hydroxylation sites is 2. The lowest BCUT2D eigenvalue weighted by Crippen LogP contribution is -2.62. The SMILES string of the molecule is CCC[C@H](NC(=O)C1(NC(=O)c2cccnc2)CCCCC1)C(=O)c1nc2ccccc2o1. The minimum atomic E-state index is -1.07. The van der Waals surface area contributed by atoms with Crippen molar-refractivity contribution in [3.05, 3.63) is 60.2 Å². The molecular weight excluding hydrogens is 420 g/mol. The first-order valence-corrected chi connectivity index (χ1v) is 11.5. The number of amides is 2. The summed E-state index contributed by atoms with van der Waals surface area (Å²) in [5.74, 6) is -1.09. The second kappa shape index (κ2) is 9.94. The number of nitrogens with one attached hydrogen (secondary N) is 2. The van der Waals surface area contributed by atoms with Crippen molar-refractivity contribution in [2.45, 2.75) is 63.5 Å². The monoisotopic (exact) mass is 448 g/mol. The summed E-state index contributed by atoms with van der Waals surface area (Å²) in [5.41, 5.74) is 0.436. The Morgan fingerprint density at radius 2 is 1.88 bits per heavy atom. The highest BCUT2D eigenvalue weighted by Gasteiger charge is 2.42. The molecule has 0 saturated heterocycles. The lowest BCUT2D eigenvalue weighted by atomic mass is 9.80. The average molecular weight is 449 g/mol. The molecular formula is C25H28N4O4. The number of pyridine rings is 1. The van der Waals surface area contributed by atoms with Gasteiger partial charge in [0, 0.05) is 12.4 Å². The molecule has 1 aromatic carbocycles. The zero-order valence-corrected chi connectivity index (χ0v) is 18.7. The number of carbonyl (C=O) groups is 3. The number of fused-ring (bicyclic) bond motifs is 1. The van der Waals surface area contributed by atoms with Gasteiger partial charge in [0.15, 0.2) is 5.58 Å². The summed E-state index contributed by atoms with van der Waals surface area (Å²) in [4.78, 5) is 47.9. The Kier molecular flexibility index (Phi) is 6.82. The van der Waals surface area contributed by atoms with Gasteiger partial charge in [-0.05, 0) is 43.5 Å². The topological polar surface area (TPSA) is 114 Å². The highest BCUT2D eigenvalue weighted by atomic mass is 16.4. The van der Waals surface area contributed by atoms with Gasteiger partial charge in [0.05, 0.1) is 11.6 Å². The third-order valence-electron chi connectivity index (χ3n) is 6.12. The van der Waals surface area contributed by atoms with E-state index < -0.39 is 11.6 Å². The van der Waals surface area contributed by atoms with Crippen molar-refractivity contribution in [1.29, 1.82) is 0 Å². The fraction of sp³-hybridized carbons (Fsp3) is 0.400. The number of hydrogen-bond donors (Lipinski definition) is 2. The number of aromatic nitrogens is 2. The fourth-order valence-corrected chi connectivity index (χ4v) is 4.33. The highest BCUT2D eigenvalue weighted by molar-refractivity contribution is 6.03. The number of ketones is 1. The first kappa shape index (κ1) is 22.6. The second-order valence-corrected chi connectivity index (χ2v) is 8.50. The predicted molar refractivity (Wildman–Crippen MR) is 123 cm³/mol. The summed E-state index contributed by atoms with van der Waals surface area (Å²) in [6, 6.07) is 9.70. The summed E-state index contributed by atoms with van der Waals surface area (Å²) in [5, 5.41) is 5.86. The molecule has 8 nitrogen and oxygen atoms in total. The fourth-order valence-electron chi connectivity index (χ4n) is 4.33. The number of benzene rings is 1. The first-order valence-electron chi connectivity index (χ1n) is 11.5. The zero-order chi connectivity index (χ0) is 23.3. The van der Waals surface area contributed by atoms with Crippen LogP contribution in [0.1, 0.15) is 72.9 Å². The molecule has 172 valence electrons. The van der Waals surface area contributed by atoms with E-state index in [4.69, 9.17) is 4.42 Å². The van der Waals surface area contributed by atoms with Gasteiger partial charge in [-0.3, -0.25) is 19.4 Å². The Balaban J connectivity index is 1.55. The van der Waals surface area contributed by atoms with Gasteiger partial charge in [-0.25, -0.2) is 4.98 Å². The summed E-state index contributed by atoms with van der Waals surface area (Å²) in [7, 11) is 0. The molecule has 3 aromatic rings. The average Bonchev–Trinajstić information content (AvgIpc) is 3.29. The normalized spacial score (nSPS) is 16.2. The van der Waals surface area contributed by atoms with Crippen molar-refractivity contribution < 1.29 is 18.8 Å². The smallest absolute Gasteiger partial charge is 0.266 e. The highest BCUT2D eigenvalue weighted by Crippen LogP contribution is 2.29. The second-order valence-electron chi connectivity index (χ2n) is 8.50. The van der Waals surface area contributed by atoms with E-state index in [9.17, 15) is 14.4 Å². The van der Waals surface area contributed by atoms with E-state index in [1.165, 1.54) is 6.20 Å². The van der Waals surface area contributed by atoms with E-state index in [-0.39, 0.29) is 23.5 Å². The molecule has 2 heterocycles. The van der Waals surface area contributed by atoms with Gasteiger partial charge in [0.2, 0.25) is 11.7 Å². The molecule has 2 aromatic heterocycles. The minimum absolute atomic E-state index is 0.0213. The Morgan fingerprint density at radius 3 is 2.58 bits per heavy atom. The molecule has 1 saturated carbocycles. The maximum atomic E-state index is 13.5. The van der Waals surface area contributed by atoms with Crippen LogP contribution in [0.15, 0.2) is 53.2 Å². The van der Waals surface area contributed by atoms with Crippen LogP contribution in [0, 0.1) is 0 Å². The summed E-state index contributed by atoms with van der Waals surface area (Å²) in [6.45, 7) is 1.94. The third kappa shape index (κ3) is 4.94. The quantitative estimate of drug-likeness (QED) is 0.506. The molecule has 0 radical (unpaired) electrons. The number of carbonyl (C=O) groups excluding carboxylic acids is 3. The first-order chi connectivity index (χ1) is 16.0. The largest absolute Gasteiger partial charge is 0.434 e. The molecule has 1 aliphatic rings. The molecule has 1 fully saturated rings. The van der Waals surface area contributed by atoms with Gasteiger partial charge in [-0.15, -0.1) is 0 Å². The number of hydrogen-bond acceptors (Lipinski definition) is 6. The van der Waals surface area contributed by atoms with Crippen molar-refractivity contribution in [3.8, 4) is 0 Å². The van der Waals surface area contributed by atoms with E-state index >= 15 is 0 Å². The molecule has 0 aliphatic heterocycles. The number of oxazole rings is 1. The van der Waals surface area contributed by atoms with Gasteiger partial charge in [-0.2, -0.15) is 0 Å². The molecule has 1 aliphatic carbocycles. The van der Waals surface area contributed by atoms with E-state index in [1.54, 1.807) is 30.5 Å². The molecule has 2 amide bonds.